The number of rotatable bonds is 18. The molecule has 16 N–H and O–H groups in total. The summed E-state index contributed by atoms with van der Waals surface area (Å²) in [4.78, 5) is 13.4. The maximum Gasteiger partial charge on any atom is 0.318 e. The molecule has 37 heavy (non-hydrogen) atoms. The van der Waals surface area contributed by atoms with Crippen LogP contribution in [0.5, 0.6) is 0 Å². The molecule has 0 bridgehead atoms. The normalized spacial score (nSPS) is 21.9. The largest absolute Gasteiger partial charge is 0.394 e. The third kappa shape index (κ3) is 9.42. The van der Waals surface area contributed by atoms with E-state index in [4.69, 9.17) is 15.3 Å². The highest BCUT2D eigenvalue weighted by molar-refractivity contribution is 5.75. The van der Waals surface area contributed by atoms with E-state index in [0.717, 1.165) is 0 Å². The highest BCUT2D eigenvalue weighted by atomic mass is 16.4. The summed E-state index contributed by atoms with van der Waals surface area (Å²) in [5.74, 6) is 0. The topological polar surface area (TPSA) is 336 Å². The average molecular weight is 553 g/mol. The Hall–Kier alpha value is -1.33. The van der Waals surface area contributed by atoms with Crippen LogP contribution >= 0.6 is 0 Å². The lowest BCUT2D eigenvalue weighted by atomic mass is 9.95. The number of carbonyl (C=O) groups excluding carboxylic acids is 1. The first-order valence-corrected chi connectivity index (χ1v) is 11.2. The third-order valence-electron chi connectivity index (χ3n) is 5.82. The number of carbonyl (C=O) groups is 1. The molecule has 0 aliphatic rings. The van der Waals surface area contributed by atoms with Crippen molar-refractivity contribution in [2.24, 2.45) is 0 Å². The standard InChI is InChI=1S/C19H40N2O16/c22-1-7(13(31)16(34)10(28)4-25)20-19(37)21(8(2-23)14(32)17(35)11(29)5-26)9(3-24)15(33)18(36)12(30)6-27/h7-18,22-36H,1-6H2,(H,20,37). The number of amides is 2. The summed E-state index contributed by atoms with van der Waals surface area (Å²) in [6.45, 7) is -6.83. The van der Waals surface area contributed by atoms with Crippen LogP contribution in [0.25, 0.3) is 0 Å². The van der Waals surface area contributed by atoms with Crippen molar-refractivity contribution in [2.45, 2.75) is 73.1 Å². The molecule has 0 saturated carbocycles. The van der Waals surface area contributed by atoms with E-state index >= 15 is 0 Å². The summed E-state index contributed by atoms with van der Waals surface area (Å²) >= 11 is 0. The van der Waals surface area contributed by atoms with E-state index in [9.17, 15) is 66.1 Å². The first-order valence-electron chi connectivity index (χ1n) is 11.2. The van der Waals surface area contributed by atoms with Crippen molar-refractivity contribution in [3.63, 3.8) is 0 Å². The second kappa shape index (κ2) is 17.3. The highest BCUT2D eigenvalue weighted by Crippen LogP contribution is 2.20. The smallest absolute Gasteiger partial charge is 0.318 e. The van der Waals surface area contributed by atoms with E-state index in [-0.39, 0.29) is 4.90 Å². The summed E-state index contributed by atoms with van der Waals surface area (Å²) in [6.07, 6.45) is -19.3. The van der Waals surface area contributed by atoms with Gasteiger partial charge in [0.1, 0.15) is 54.9 Å². The maximum absolute atomic E-state index is 13.2. The zero-order valence-corrected chi connectivity index (χ0v) is 19.7. The van der Waals surface area contributed by atoms with Gasteiger partial charge in [-0.2, -0.15) is 0 Å². The van der Waals surface area contributed by atoms with Crippen LogP contribution in [0.15, 0.2) is 0 Å². The predicted molar refractivity (Wildman–Crippen MR) is 118 cm³/mol. The minimum absolute atomic E-state index is 0.236. The van der Waals surface area contributed by atoms with E-state index in [1.54, 1.807) is 0 Å². The van der Waals surface area contributed by atoms with Crippen molar-refractivity contribution < 1.29 is 81.4 Å². The fourth-order valence-electron chi connectivity index (χ4n) is 3.44. The fraction of sp³-hybridized carbons (Fsp3) is 0.947. The van der Waals surface area contributed by atoms with Crippen LogP contribution in [0.4, 0.5) is 4.79 Å². The molecule has 0 rings (SSSR count). The van der Waals surface area contributed by atoms with Crippen LogP contribution in [0.3, 0.4) is 0 Å². The Kier molecular flexibility index (Phi) is 16.7. The second-order valence-electron chi connectivity index (χ2n) is 8.34. The van der Waals surface area contributed by atoms with Gasteiger partial charge in [0.05, 0.1) is 57.8 Å². The number of urea groups is 1. The van der Waals surface area contributed by atoms with E-state index in [1.165, 1.54) is 0 Å². The molecule has 0 aliphatic carbocycles. The number of hydrogen-bond acceptors (Lipinski definition) is 16. The molecule has 0 aromatic heterocycles. The van der Waals surface area contributed by atoms with Gasteiger partial charge < -0.3 is 86.8 Å². The summed E-state index contributed by atoms with van der Waals surface area (Å²) in [7, 11) is 0. The molecule has 18 nitrogen and oxygen atoms in total. The number of aliphatic hydroxyl groups is 15. The molecule has 18 heteroatoms. The Morgan fingerprint density at radius 1 is 0.486 bits per heavy atom. The third-order valence-corrected chi connectivity index (χ3v) is 5.82. The first kappa shape index (κ1) is 35.7. The van der Waals surface area contributed by atoms with Gasteiger partial charge in [-0.25, -0.2) is 4.79 Å². The van der Waals surface area contributed by atoms with Gasteiger partial charge in [0, 0.05) is 0 Å². The Morgan fingerprint density at radius 2 is 0.811 bits per heavy atom. The van der Waals surface area contributed by atoms with E-state index in [0.29, 0.717) is 0 Å². The van der Waals surface area contributed by atoms with Crippen molar-refractivity contribution in [3.8, 4) is 0 Å². The molecule has 0 aromatic carbocycles. The maximum atomic E-state index is 13.2. The van der Waals surface area contributed by atoms with Gasteiger partial charge in [-0.05, 0) is 0 Å². The van der Waals surface area contributed by atoms with Gasteiger partial charge in [-0.1, -0.05) is 0 Å². The van der Waals surface area contributed by atoms with Crippen LogP contribution in [0.2, 0.25) is 0 Å². The van der Waals surface area contributed by atoms with Gasteiger partial charge in [0.2, 0.25) is 0 Å². The number of hydrogen-bond donors (Lipinski definition) is 16. The van der Waals surface area contributed by atoms with Crippen molar-refractivity contribution in [2.75, 3.05) is 39.6 Å². The van der Waals surface area contributed by atoms with Crippen molar-refractivity contribution >= 4 is 6.03 Å². The van der Waals surface area contributed by atoms with Gasteiger partial charge in [-0.3, -0.25) is 0 Å². The molecule has 0 saturated heterocycles. The van der Waals surface area contributed by atoms with E-state index in [2.05, 4.69) is 0 Å². The molecule has 222 valence electrons. The first-order chi connectivity index (χ1) is 17.3. The lowest BCUT2D eigenvalue weighted by Gasteiger charge is -2.43. The average Bonchev–Trinajstić information content (AvgIpc) is 2.91. The minimum atomic E-state index is -2.31. The molecular formula is C19H40N2O16. The number of aliphatic hydroxyl groups excluding tert-OH is 15. The number of nitrogens with one attached hydrogen (secondary N) is 1. The van der Waals surface area contributed by atoms with Crippen LogP contribution < -0.4 is 5.32 Å². The van der Waals surface area contributed by atoms with Crippen LogP contribution in [0, 0.1) is 0 Å². The van der Waals surface area contributed by atoms with Crippen molar-refractivity contribution in [1.29, 1.82) is 0 Å². The monoisotopic (exact) mass is 552 g/mol. The van der Waals surface area contributed by atoms with Crippen LogP contribution in [0.1, 0.15) is 0 Å². The second-order valence-corrected chi connectivity index (χ2v) is 8.34. The summed E-state index contributed by atoms with van der Waals surface area (Å²) in [5.41, 5.74) is 0. The van der Waals surface area contributed by atoms with Gasteiger partial charge in [0.15, 0.2) is 0 Å². The fourth-order valence-corrected chi connectivity index (χ4v) is 3.44. The molecule has 12 atom stereocenters. The van der Waals surface area contributed by atoms with Crippen molar-refractivity contribution in [3.05, 3.63) is 0 Å². The molecule has 0 spiro atoms. The molecule has 12 unspecified atom stereocenters. The Bertz CT molecular complexity index is 605. The lowest BCUT2D eigenvalue weighted by molar-refractivity contribution is -0.136. The van der Waals surface area contributed by atoms with Gasteiger partial charge >= 0.3 is 6.03 Å². The lowest BCUT2D eigenvalue weighted by Crippen LogP contribution is -2.67. The Labute approximate surface area is 211 Å². The Balaban J connectivity index is 6.43. The quantitative estimate of drug-likeness (QED) is 0.0750. The summed E-state index contributed by atoms with van der Waals surface area (Å²) in [5, 5.41) is 148. The highest BCUT2D eigenvalue weighted by Gasteiger charge is 2.45. The zero-order chi connectivity index (χ0) is 29.0. The number of nitrogens with zero attached hydrogens (tertiary/aromatic N) is 1. The molecule has 2 amide bonds. The Morgan fingerprint density at radius 3 is 1.08 bits per heavy atom. The molecule has 0 aromatic rings. The zero-order valence-electron chi connectivity index (χ0n) is 19.7. The predicted octanol–water partition coefficient (Wildman–Crippen LogP) is -9.69. The molecule has 0 heterocycles. The molecule has 0 aliphatic heterocycles. The summed E-state index contributed by atoms with van der Waals surface area (Å²) < 4.78 is 0. The van der Waals surface area contributed by atoms with Gasteiger partial charge in [0.25, 0.3) is 0 Å². The van der Waals surface area contributed by atoms with Crippen LogP contribution in [-0.4, -0.2) is 200 Å². The molecule has 0 radical (unpaired) electrons. The summed E-state index contributed by atoms with van der Waals surface area (Å²) in [6, 6.07) is -7.48. The van der Waals surface area contributed by atoms with Crippen LogP contribution in [-0.2, 0) is 0 Å². The minimum Gasteiger partial charge on any atom is -0.394 e. The van der Waals surface area contributed by atoms with Crippen molar-refractivity contribution in [1.82, 2.24) is 10.2 Å². The van der Waals surface area contributed by atoms with Gasteiger partial charge in [-0.15, -0.1) is 0 Å². The molecular weight excluding hydrogens is 512 g/mol. The SMILES string of the molecule is O=C(NC(CO)C(O)C(O)C(O)CO)N(C(CO)C(O)C(O)C(O)CO)C(CO)C(O)C(O)C(O)CO. The molecule has 0 fully saturated rings. The van der Waals surface area contributed by atoms with E-state index < -0.39 is 119 Å². The van der Waals surface area contributed by atoms with E-state index in [1.807, 2.05) is 5.32 Å².